The molecule has 0 saturated carbocycles. The first-order valence-electron chi connectivity index (χ1n) is 4.61. The first-order valence-corrected chi connectivity index (χ1v) is 5.49. The van der Waals surface area contributed by atoms with Crippen LogP contribution in [0, 0.1) is 0 Å². The van der Waals surface area contributed by atoms with E-state index in [1.54, 1.807) is 18.3 Å². The molecule has 0 amide bonds. The Balaban J connectivity index is 2.26. The highest BCUT2D eigenvalue weighted by molar-refractivity contribution is 7.10. The molecule has 2 heterocycles. The molecule has 5 heteroatoms. The molecule has 0 fully saturated rings. The van der Waals surface area contributed by atoms with Crippen LogP contribution < -0.4 is 0 Å². The summed E-state index contributed by atoms with van der Waals surface area (Å²) in [6.45, 7) is 0. The van der Waals surface area contributed by atoms with E-state index in [4.69, 9.17) is 5.11 Å². The molecule has 0 aromatic carbocycles. The molecule has 0 bridgehead atoms. The fourth-order valence-corrected chi connectivity index (χ4v) is 2.12. The second kappa shape index (κ2) is 4.85. The Labute approximate surface area is 95.9 Å². The van der Waals surface area contributed by atoms with E-state index in [1.165, 1.54) is 17.7 Å². The fraction of sp³-hybridized carbons (Fsp3) is 0.0909. The van der Waals surface area contributed by atoms with E-state index in [1.807, 2.05) is 5.38 Å². The lowest BCUT2D eigenvalue weighted by molar-refractivity contribution is 0.401. The lowest BCUT2D eigenvalue weighted by Crippen LogP contribution is -1.83. The van der Waals surface area contributed by atoms with Gasteiger partial charge in [-0.05, 0) is 18.2 Å². The van der Waals surface area contributed by atoms with Crippen LogP contribution in [-0.2, 0) is 0 Å². The predicted molar refractivity (Wildman–Crippen MR) is 61.0 cm³/mol. The number of nitrogens with zero attached hydrogens (tertiary/aromatic N) is 2. The monoisotopic (exact) mass is 236 g/mol. The lowest BCUT2D eigenvalue weighted by Gasteiger charge is -1.96. The van der Waals surface area contributed by atoms with Gasteiger partial charge >= 0.3 is 0 Å². The van der Waals surface area contributed by atoms with E-state index in [9.17, 15) is 4.39 Å². The number of alkyl halides is 1. The van der Waals surface area contributed by atoms with Crippen molar-refractivity contribution >= 4 is 11.3 Å². The quantitative estimate of drug-likeness (QED) is 0.832. The van der Waals surface area contributed by atoms with E-state index < -0.39 is 6.17 Å². The number of rotatable bonds is 3. The van der Waals surface area contributed by atoms with Crippen molar-refractivity contribution in [1.82, 2.24) is 9.97 Å². The topological polar surface area (TPSA) is 46.0 Å². The first kappa shape index (κ1) is 10.8. The van der Waals surface area contributed by atoms with Crippen molar-refractivity contribution in [2.45, 2.75) is 6.17 Å². The van der Waals surface area contributed by atoms with Crippen molar-refractivity contribution in [3.63, 3.8) is 0 Å². The van der Waals surface area contributed by atoms with Crippen molar-refractivity contribution in [2.24, 2.45) is 0 Å². The SMILES string of the molecule is O/C=C\C(F)c1cc(-c2ccncn2)cs1. The summed E-state index contributed by atoms with van der Waals surface area (Å²) >= 11 is 1.29. The molecule has 1 atom stereocenters. The van der Waals surface area contributed by atoms with Crippen molar-refractivity contribution in [1.29, 1.82) is 0 Å². The summed E-state index contributed by atoms with van der Waals surface area (Å²) in [5.41, 5.74) is 1.62. The van der Waals surface area contributed by atoms with Crippen LogP contribution in [0.5, 0.6) is 0 Å². The molecule has 0 radical (unpaired) electrons. The van der Waals surface area contributed by atoms with Gasteiger partial charge < -0.3 is 5.11 Å². The largest absolute Gasteiger partial charge is 0.516 e. The molecular formula is C11H9FN2OS. The highest BCUT2D eigenvalue weighted by Gasteiger charge is 2.10. The molecular weight excluding hydrogens is 227 g/mol. The standard InChI is InChI=1S/C11H9FN2OS/c12-9(2-4-15)11-5-8(6-16-11)10-1-3-13-7-14-10/h1-7,9,15H/b4-2-. The maximum atomic E-state index is 13.4. The number of aliphatic hydroxyl groups excluding tert-OH is 1. The average molecular weight is 236 g/mol. The van der Waals surface area contributed by atoms with Crippen molar-refractivity contribution in [2.75, 3.05) is 0 Å². The van der Waals surface area contributed by atoms with Gasteiger partial charge in [-0.2, -0.15) is 0 Å². The summed E-state index contributed by atoms with van der Waals surface area (Å²) in [5, 5.41) is 10.3. The summed E-state index contributed by atoms with van der Waals surface area (Å²) in [4.78, 5) is 8.43. The Morgan fingerprint density at radius 1 is 1.50 bits per heavy atom. The van der Waals surface area contributed by atoms with Gasteiger partial charge in [0.2, 0.25) is 0 Å². The third kappa shape index (κ3) is 2.25. The van der Waals surface area contributed by atoms with Gasteiger partial charge in [-0.15, -0.1) is 11.3 Å². The van der Waals surface area contributed by atoms with E-state index in [0.717, 1.165) is 23.6 Å². The van der Waals surface area contributed by atoms with Crippen LogP contribution in [0.4, 0.5) is 4.39 Å². The molecule has 2 aromatic rings. The van der Waals surface area contributed by atoms with Crippen LogP contribution in [0.2, 0.25) is 0 Å². The summed E-state index contributed by atoms with van der Waals surface area (Å²) in [6, 6.07) is 3.48. The van der Waals surface area contributed by atoms with E-state index >= 15 is 0 Å². The Bertz CT molecular complexity index is 484. The summed E-state index contributed by atoms with van der Waals surface area (Å²) in [7, 11) is 0. The number of hydrogen-bond donors (Lipinski definition) is 1. The Morgan fingerprint density at radius 3 is 3.06 bits per heavy atom. The zero-order chi connectivity index (χ0) is 11.4. The molecule has 0 saturated heterocycles. The van der Waals surface area contributed by atoms with Gasteiger partial charge in [0.15, 0.2) is 6.17 Å². The maximum absolute atomic E-state index is 13.4. The van der Waals surface area contributed by atoms with Crippen LogP contribution >= 0.6 is 11.3 Å². The molecule has 1 N–H and O–H groups in total. The zero-order valence-corrected chi connectivity index (χ0v) is 9.06. The van der Waals surface area contributed by atoms with Gasteiger partial charge in [0.25, 0.3) is 0 Å². The fourth-order valence-electron chi connectivity index (χ4n) is 1.26. The Morgan fingerprint density at radius 2 is 2.38 bits per heavy atom. The van der Waals surface area contributed by atoms with Gasteiger partial charge in [0.05, 0.1) is 12.0 Å². The van der Waals surface area contributed by atoms with E-state index in [-0.39, 0.29) is 0 Å². The molecule has 2 rings (SSSR count). The number of hydrogen-bond acceptors (Lipinski definition) is 4. The Kier molecular flexibility index (Phi) is 3.26. The van der Waals surface area contributed by atoms with Crippen molar-refractivity contribution in [3.8, 4) is 11.3 Å². The first-order chi connectivity index (χ1) is 7.81. The zero-order valence-electron chi connectivity index (χ0n) is 8.25. The highest BCUT2D eigenvalue weighted by Crippen LogP contribution is 2.30. The summed E-state index contributed by atoms with van der Waals surface area (Å²) < 4.78 is 13.4. The van der Waals surface area contributed by atoms with Crippen LogP contribution in [-0.4, -0.2) is 15.1 Å². The number of allylic oxidation sites excluding steroid dienone is 1. The lowest BCUT2D eigenvalue weighted by atomic mass is 10.2. The average Bonchev–Trinajstić information content (AvgIpc) is 2.80. The Hall–Kier alpha value is -1.75. The van der Waals surface area contributed by atoms with Crippen molar-refractivity contribution in [3.05, 3.63) is 47.3 Å². The molecule has 0 aliphatic rings. The molecule has 0 aliphatic heterocycles. The second-order valence-corrected chi connectivity index (χ2v) is 4.02. The van der Waals surface area contributed by atoms with Gasteiger partial charge in [-0.3, -0.25) is 0 Å². The molecule has 0 spiro atoms. The van der Waals surface area contributed by atoms with Crippen LogP contribution in [0.15, 0.2) is 42.4 Å². The second-order valence-electron chi connectivity index (χ2n) is 3.08. The molecule has 2 aromatic heterocycles. The number of halogens is 1. The van der Waals surface area contributed by atoms with Crippen LogP contribution in [0.3, 0.4) is 0 Å². The van der Waals surface area contributed by atoms with Crippen molar-refractivity contribution < 1.29 is 9.50 Å². The van der Waals surface area contributed by atoms with Gasteiger partial charge in [0, 0.05) is 22.0 Å². The van der Waals surface area contributed by atoms with Crippen LogP contribution in [0.25, 0.3) is 11.3 Å². The molecule has 3 nitrogen and oxygen atoms in total. The maximum Gasteiger partial charge on any atom is 0.156 e. The number of aromatic nitrogens is 2. The van der Waals surface area contributed by atoms with E-state index in [2.05, 4.69) is 9.97 Å². The smallest absolute Gasteiger partial charge is 0.156 e. The van der Waals surface area contributed by atoms with Crippen LogP contribution in [0.1, 0.15) is 11.0 Å². The minimum atomic E-state index is -1.27. The minimum absolute atomic E-state index is 0.541. The molecule has 0 aliphatic carbocycles. The number of thiophene rings is 1. The summed E-state index contributed by atoms with van der Waals surface area (Å²) in [5.74, 6) is 0. The predicted octanol–water partition coefficient (Wildman–Crippen LogP) is 3.29. The molecule has 1 unspecified atom stereocenters. The third-order valence-electron chi connectivity index (χ3n) is 2.02. The molecule has 82 valence electrons. The molecule has 16 heavy (non-hydrogen) atoms. The number of aliphatic hydroxyl groups is 1. The highest BCUT2D eigenvalue weighted by atomic mass is 32.1. The van der Waals surface area contributed by atoms with E-state index in [0.29, 0.717) is 4.88 Å². The van der Waals surface area contributed by atoms with Gasteiger partial charge in [-0.1, -0.05) is 0 Å². The summed E-state index contributed by atoms with van der Waals surface area (Å²) in [6.07, 6.45) is 3.63. The van der Waals surface area contributed by atoms with Gasteiger partial charge in [-0.25, -0.2) is 14.4 Å². The van der Waals surface area contributed by atoms with Gasteiger partial charge in [0.1, 0.15) is 6.33 Å². The third-order valence-corrected chi connectivity index (χ3v) is 3.01. The minimum Gasteiger partial charge on any atom is -0.516 e. The normalized spacial score (nSPS) is 13.1.